The number of aryl methyl sites for hydroxylation is 1. The molecule has 0 aromatic carbocycles. The zero-order chi connectivity index (χ0) is 19.1. The second-order valence-electron chi connectivity index (χ2n) is 6.07. The first-order valence-corrected chi connectivity index (χ1v) is 8.67. The molecule has 0 saturated carbocycles. The number of alkyl halides is 1. The minimum absolute atomic E-state index is 0.0487. The maximum Gasteiger partial charge on any atom is 0.343 e. The fraction of sp³-hybridized carbons (Fsp3) is 0.500. The summed E-state index contributed by atoms with van der Waals surface area (Å²) in [5, 5.41) is 9.62. The van der Waals surface area contributed by atoms with E-state index in [1.807, 2.05) is 0 Å². The predicted octanol–water partition coefficient (Wildman–Crippen LogP) is 1.79. The van der Waals surface area contributed by atoms with Gasteiger partial charge in [0, 0.05) is 20.1 Å². The van der Waals surface area contributed by atoms with Crippen molar-refractivity contribution in [1.29, 1.82) is 0 Å². The lowest BCUT2D eigenvalue weighted by molar-refractivity contribution is -0.149. The highest BCUT2D eigenvalue weighted by atomic mass is 32.1. The fourth-order valence-corrected chi connectivity index (χ4v) is 4.11. The molecule has 10 heteroatoms. The van der Waals surface area contributed by atoms with E-state index in [2.05, 4.69) is 9.97 Å². The van der Waals surface area contributed by atoms with Gasteiger partial charge in [0.2, 0.25) is 11.5 Å². The lowest BCUT2D eigenvalue weighted by Gasteiger charge is -2.17. The number of likely N-dealkylation sites (tertiary alicyclic amines) is 1. The first-order valence-electron chi connectivity index (χ1n) is 7.85. The molecule has 1 atom stereocenters. The summed E-state index contributed by atoms with van der Waals surface area (Å²) in [4.78, 5) is 34.7. The van der Waals surface area contributed by atoms with E-state index < -0.39 is 24.1 Å². The molecule has 3 heterocycles. The number of methoxy groups -OCH3 is 2. The van der Waals surface area contributed by atoms with Crippen LogP contribution in [0.5, 0.6) is 5.88 Å². The molecule has 2 aromatic heterocycles. The van der Waals surface area contributed by atoms with Gasteiger partial charge in [-0.2, -0.15) is 4.98 Å². The molecule has 1 aliphatic heterocycles. The van der Waals surface area contributed by atoms with Crippen molar-refractivity contribution in [2.24, 2.45) is 0 Å². The van der Waals surface area contributed by atoms with Crippen LogP contribution in [0.2, 0.25) is 0 Å². The second kappa shape index (κ2) is 6.76. The number of hydrogen-bond acceptors (Lipinski definition) is 7. The van der Waals surface area contributed by atoms with E-state index in [4.69, 9.17) is 14.6 Å². The van der Waals surface area contributed by atoms with Crippen molar-refractivity contribution >= 4 is 33.4 Å². The van der Waals surface area contributed by atoms with Crippen molar-refractivity contribution in [2.45, 2.75) is 25.6 Å². The predicted molar refractivity (Wildman–Crippen MR) is 91.4 cm³/mol. The van der Waals surface area contributed by atoms with Crippen molar-refractivity contribution in [2.75, 3.05) is 27.3 Å². The van der Waals surface area contributed by atoms with Crippen LogP contribution in [0.15, 0.2) is 0 Å². The van der Waals surface area contributed by atoms with E-state index in [1.165, 1.54) is 19.1 Å². The molecule has 1 aliphatic rings. The van der Waals surface area contributed by atoms with Gasteiger partial charge in [-0.3, -0.25) is 4.79 Å². The van der Waals surface area contributed by atoms with E-state index in [0.717, 1.165) is 11.3 Å². The number of carboxylic acid groups (broad SMARTS) is 1. The second-order valence-corrected chi connectivity index (χ2v) is 7.06. The highest BCUT2D eigenvalue weighted by molar-refractivity contribution is 7.20. The van der Waals surface area contributed by atoms with Crippen molar-refractivity contribution in [3.8, 4) is 5.88 Å². The zero-order valence-corrected chi connectivity index (χ0v) is 15.4. The fourth-order valence-electron chi connectivity index (χ4n) is 2.95. The number of fused-ring (bicyclic) bond motifs is 1. The number of halogens is 1. The van der Waals surface area contributed by atoms with Crippen LogP contribution >= 0.6 is 11.3 Å². The molecule has 0 bridgehead atoms. The number of carbonyl (C=O) groups is 2. The van der Waals surface area contributed by atoms with Gasteiger partial charge in [-0.25, -0.2) is 14.2 Å². The third kappa shape index (κ3) is 2.99. The van der Waals surface area contributed by atoms with Crippen molar-refractivity contribution < 1.29 is 28.6 Å². The van der Waals surface area contributed by atoms with E-state index >= 15 is 0 Å². The van der Waals surface area contributed by atoms with Crippen LogP contribution in [0.4, 0.5) is 4.39 Å². The summed E-state index contributed by atoms with van der Waals surface area (Å²) in [5.41, 5.74) is -1.77. The van der Waals surface area contributed by atoms with E-state index in [1.54, 1.807) is 6.92 Å². The Hall–Kier alpha value is -2.33. The smallest absolute Gasteiger partial charge is 0.343 e. The lowest BCUT2D eigenvalue weighted by Crippen LogP contribution is -2.38. The molecule has 0 radical (unpaired) electrons. The number of aromatic nitrogens is 2. The Morgan fingerprint density at radius 3 is 2.69 bits per heavy atom. The summed E-state index contributed by atoms with van der Waals surface area (Å²) in [5.74, 6) is -1.20. The van der Waals surface area contributed by atoms with Gasteiger partial charge in [0.25, 0.3) is 5.91 Å². The molecule has 3 rings (SSSR count). The van der Waals surface area contributed by atoms with Crippen LogP contribution in [0.1, 0.15) is 27.5 Å². The maximum atomic E-state index is 14.3. The number of ether oxygens (including phenoxy) is 2. The number of thiophene rings is 1. The number of amides is 1. The zero-order valence-electron chi connectivity index (χ0n) is 14.5. The molecular weight excluding hydrogens is 365 g/mol. The molecule has 1 saturated heterocycles. The van der Waals surface area contributed by atoms with Crippen molar-refractivity contribution in [3.63, 3.8) is 0 Å². The van der Waals surface area contributed by atoms with Crippen LogP contribution in [0.25, 0.3) is 10.2 Å². The van der Waals surface area contributed by atoms with Crippen LogP contribution in [-0.4, -0.2) is 64.8 Å². The minimum atomic E-state index is -2.40. The average molecular weight is 383 g/mol. The number of nitrogens with zero attached hydrogens (tertiary/aromatic N) is 3. The molecular formula is C16H18FN3O5S. The van der Waals surface area contributed by atoms with Crippen molar-refractivity contribution in [3.05, 3.63) is 16.3 Å². The van der Waals surface area contributed by atoms with Gasteiger partial charge in [-0.15, -0.1) is 11.3 Å². The van der Waals surface area contributed by atoms with E-state index in [0.29, 0.717) is 32.4 Å². The summed E-state index contributed by atoms with van der Waals surface area (Å²) in [7, 11) is 3.00. The molecule has 26 heavy (non-hydrogen) atoms. The third-order valence-corrected chi connectivity index (χ3v) is 5.53. The first-order chi connectivity index (χ1) is 12.3. The van der Waals surface area contributed by atoms with Crippen LogP contribution in [0.3, 0.4) is 0 Å². The Morgan fingerprint density at radius 2 is 2.12 bits per heavy atom. The standard InChI is InChI=1S/C16H18FN3O5S/c1-8-10-12(25-3)18-9(6-24-2)19-13(10)26-11(8)14(21)20-5-4-16(17,7-20)15(22)23/h4-7H2,1-3H3,(H,22,23). The molecule has 1 unspecified atom stereocenters. The monoisotopic (exact) mass is 383 g/mol. The topological polar surface area (TPSA) is 102 Å². The van der Waals surface area contributed by atoms with Gasteiger partial charge < -0.3 is 19.5 Å². The molecule has 140 valence electrons. The van der Waals surface area contributed by atoms with Crippen LogP contribution in [-0.2, 0) is 16.1 Å². The Labute approximate surface area is 152 Å². The van der Waals surface area contributed by atoms with Gasteiger partial charge in [0.15, 0.2) is 5.82 Å². The normalized spacial score (nSPS) is 19.9. The molecule has 2 aromatic rings. The Bertz CT molecular complexity index is 886. The number of carbonyl (C=O) groups excluding carboxylic acids is 1. The quantitative estimate of drug-likeness (QED) is 0.840. The van der Waals surface area contributed by atoms with Gasteiger partial charge in [0.1, 0.15) is 11.4 Å². The lowest BCUT2D eigenvalue weighted by atomic mass is 10.1. The summed E-state index contributed by atoms with van der Waals surface area (Å²) in [6.07, 6.45) is -0.223. The highest BCUT2D eigenvalue weighted by Crippen LogP contribution is 2.37. The van der Waals surface area contributed by atoms with E-state index in [9.17, 15) is 14.0 Å². The SMILES string of the molecule is COCc1nc(OC)c2c(C)c(C(=O)N3CCC(F)(C(=O)O)C3)sc2n1. The summed E-state index contributed by atoms with van der Waals surface area (Å²) in [6.45, 7) is 1.52. The third-order valence-electron chi connectivity index (χ3n) is 4.35. The average Bonchev–Trinajstić information content (AvgIpc) is 3.16. The molecule has 1 amide bonds. The largest absolute Gasteiger partial charge is 0.480 e. The van der Waals surface area contributed by atoms with Crippen LogP contribution < -0.4 is 4.74 Å². The Balaban J connectivity index is 1.99. The molecule has 1 fully saturated rings. The van der Waals surface area contributed by atoms with Crippen molar-refractivity contribution in [1.82, 2.24) is 14.9 Å². The maximum absolute atomic E-state index is 14.3. The van der Waals surface area contributed by atoms with Crippen LogP contribution in [0, 0.1) is 6.92 Å². The Kier molecular flexibility index (Phi) is 4.80. The first kappa shape index (κ1) is 18.5. The molecule has 8 nitrogen and oxygen atoms in total. The summed E-state index contributed by atoms with van der Waals surface area (Å²) >= 11 is 1.15. The van der Waals surface area contributed by atoms with Gasteiger partial charge in [0.05, 0.1) is 23.9 Å². The number of hydrogen-bond donors (Lipinski definition) is 1. The minimum Gasteiger partial charge on any atom is -0.480 e. The van der Waals surface area contributed by atoms with Gasteiger partial charge >= 0.3 is 5.97 Å². The molecule has 0 spiro atoms. The van der Waals surface area contributed by atoms with Gasteiger partial charge in [-0.1, -0.05) is 0 Å². The summed E-state index contributed by atoms with van der Waals surface area (Å²) in [6, 6.07) is 0. The number of rotatable bonds is 5. The highest BCUT2D eigenvalue weighted by Gasteiger charge is 2.47. The van der Waals surface area contributed by atoms with Gasteiger partial charge in [-0.05, 0) is 12.5 Å². The molecule has 0 aliphatic carbocycles. The number of carboxylic acids is 1. The number of aliphatic carboxylic acids is 1. The Morgan fingerprint density at radius 1 is 1.38 bits per heavy atom. The summed E-state index contributed by atoms with van der Waals surface area (Å²) < 4.78 is 24.6. The molecule has 1 N–H and O–H groups in total. The van der Waals surface area contributed by atoms with E-state index in [-0.39, 0.29) is 19.6 Å².